The van der Waals surface area contributed by atoms with Crippen LogP contribution >= 0.6 is 0 Å². The fraction of sp³-hybridized carbons (Fsp3) is 0.333. The maximum Gasteiger partial charge on any atom is 0.417 e. The molecule has 0 amide bonds. The number of ketones is 3. The second-order valence-corrected chi connectivity index (χ2v) is 15.8. The number of para-hydroxylation sites is 1. The number of carbonyl (C=O) groups is 3. The first-order chi connectivity index (χ1) is 27.9. The highest BCUT2D eigenvalue weighted by atomic mass is 19.4. The zero-order chi connectivity index (χ0) is 40.5. The van der Waals surface area contributed by atoms with Gasteiger partial charge in [-0.05, 0) is 84.9 Å². The number of benzene rings is 4. The molecule has 1 aliphatic heterocycles. The van der Waals surface area contributed by atoms with Crippen molar-refractivity contribution in [1.29, 1.82) is 0 Å². The van der Waals surface area contributed by atoms with Crippen molar-refractivity contribution in [2.24, 2.45) is 17.8 Å². The molecule has 4 aromatic carbocycles. The van der Waals surface area contributed by atoms with Crippen LogP contribution in [-0.2, 0) is 30.6 Å². The minimum absolute atomic E-state index is 0.00868. The summed E-state index contributed by atoms with van der Waals surface area (Å²) in [5.41, 5.74) is -2.20. The molecule has 10 nitrogen and oxygen atoms in total. The number of nitrogens with zero attached hydrogens (tertiary/aromatic N) is 3. The molecule has 1 saturated heterocycles. The van der Waals surface area contributed by atoms with Gasteiger partial charge in [-0.15, -0.1) is 0 Å². The SMILES string of the molecule is CN(C)C1c2onc(OCc3ccccc3)c2C(=O)C2(O)C(=O)C3C(=O)c4c(OCc5ccccc5)cc(C5CCN5c5ccccc5)c(C(F)(F)F)c4CC3CC12. The smallest absolute Gasteiger partial charge is 0.417 e. The van der Waals surface area contributed by atoms with E-state index in [1.54, 1.807) is 43.3 Å². The Labute approximate surface area is 332 Å². The molecule has 1 saturated carbocycles. The molecule has 0 bridgehead atoms. The molecule has 0 radical (unpaired) electrons. The Morgan fingerprint density at radius 1 is 0.897 bits per heavy atom. The quantitative estimate of drug-likeness (QED) is 0.150. The van der Waals surface area contributed by atoms with Crippen LogP contribution in [0.2, 0.25) is 0 Å². The molecule has 0 spiro atoms. The average molecular weight is 792 g/mol. The van der Waals surface area contributed by atoms with Gasteiger partial charge in [0, 0.05) is 18.2 Å². The van der Waals surface area contributed by atoms with Crippen molar-refractivity contribution in [1.82, 2.24) is 10.1 Å². The van der Waals surface area contributed by atoms with Gasteiger partial charge in [-0.3, -0.25) is 19.3 Å². The first-order valence-electron chi connectivity index (χ1n) is 19.3. The number of fused-ring (bicyclic) bond motifs is 4. The van der Waals surface area contributed by atoms with E-state index >= 15 is 13.2 Å². The Morgan fingerprint density at radius 3 is 2.10 bits per heavy atom. The summed E-state index contributed by atoms with van der Waals surface area (Å²) < 4.78 is 64.8. The summed E-state index contributed by atoms with van der Waals surface area (Å²) in [7, 11) is 3.36. The lowest BCUT2D eigenvalue weighted by Crippen LogP contribution is -2.66. The summed E-state index contributed by atoms with van der Waals surface area (Å²) in [6.45, 7) is 0.483. The van der Waals surface area contributed by atoms with E-state index in [1.807, 2.05) is 71.6 Å². The van der Waals surface area contributed by atoms with Crippen LogP contribution in [0.25, 0.3) is 0 Å². The summed E-state index contributed by atoms with van der Waals surface area (Å²) in [6, 6.07) is 27.0. The van der Waals surface area contributed by atoms with E-state index < -0.39 is 64.5 Å². The normalized spacial score (nSPS) is 25.1. The van der Waals surface area contributed by atoms with Gasteiger partial charge in [0.05, 0.1) is 29.1 Å². The third-order valence-corrected chi connectivity index (χ3v) is 12.3. The lowest BCUT2D eigenvalue weighted by Gasteiger charge is -2.51. The van der Waals surface area contributed by atoms with Crippen molar-refractivity contribution >= 4 is 23.0 Å². The predicted molar refractivity (Wildman–Crippen MR) is 204 cm³/mol. The number of hydrogen-bond donors (Lipinski definition) is 1. The maximum atomic E-state index is 15.6. The van der Waals surface area contributed by atoms with Gasteiger partial charge in [0.15, 0.2) is 22.9 Å². The Hall–Kier alpha value is -5.79. The monoisotopic (exact) mass is 791 g/mol. The third-order valence-electron chi connectivity index (χ3n) is 12.3. The molecule has 298 valence electrons. The van der Waals surface area contributed by atoms with Crippen LogP contribution in [0.3, 0.4) is 0 Å². The second kappa shape index (κ2) is 14.2. The highest BCUT2D eigenvalue weighted by Gasteiger charge is 2.67. The minimum atomic E-state index is -4.88. The van der Waals surface area contributed by atoms with E-state index in [9.17, 15) is 19.5 Å². The summed E-state index contributed by atoms with van der Waals surface area (Å²) in [6.07, 6.45) is -4.88. The first-order valence-corrected chi connectivity index (χ1v) is 19.3. The van der Waals surface area contributed by atoms with Crippen LogP contribution in [0.4, 0.5) is 18.9 Å². The van der Waals surface area contributed by atoms with Gasteiger partial charge in [0.1, 0.15) is 24.5 Å². The van der Waals surface area contributed by atoms with Crippen LogP contribution in [0.5, 0.6) is 11.6 Å². The van der Waals surface area contributed by atoms with Crippen molar-refractivity contribution in [3.8, 4) is 11.6 Å². The standard InChI is InChI=1S/C45H40F3N3O7/c1-50(2)38-31-21-27-20-30-35(39(52)34(27)41(53)44(31,55)42(54)36-40(38)58-49-43(36)57-24-26-14-8-4-9-15-26)33(56-23-25-12-6-3-7-13-25)22-29(37(30)45(46,47)48)32-18-19-51(32)28-16-10-5-11-17-28/h3-17,22,27,31-32,34,38,55H,18-21,23-24H2,1-2H3. The van der Waals surface area contributed by atoms with Crippen molar-refractivity contribution in [3.63, 3.8) is 0 Å². The van der Waals surface area contributed by atoms with Crippen molar-refractivity contribution in [3.05, 3.63) is 142 Å². The molecular weight excluding hydrogens is 752 g/mol. The van der Waals surface area contributed by atoms with Gasteiger partial charge < -0.3 is 24.0 Å². The fourth-order valence-corrected chi connectivity index (χ4v) is 9.64. The zero-order valence-corrected chi connectivity index (χ0v) is 31.7. The van der Waals surface area contributed by atoms with E-state index in [-0.39, 0.29) is 65.7 Å². The Kier molecular flexibility index (Phi) is 9.27. The van der Waals surface area contributed by atoms with Gasteiger partial charge in [-0.2, -0.15) is 13.2 Å². The number of carbonyl (C=O) groups excluding carboxylic acids is 3. The average Bonchev–Trinajstić information content (AvgIpc) is 3.61. The van der Waals surface area contributed by atoms with Crippen molar-refractivity contribution in [2.45, 2.75) is 56.3 Å². The van der Waals surface area contributed by atoms with Gasteiger partial charge in [0.25, 0.3) is 5.88 Å². The number of halogens is 3. The number of anilines is 1. The summed E-state index contributed by atoms with van der Waals surface area (Å²) in [5, 5.41) is 16.5. The van der Waals surface area contributed by atoms with Gasteiger partial charge >= 0.3 is 6.18 Å². The van der Waals surface area contributed by atoms with E-state index in [1.165, 1.54) is 6.07 Å². The molecular formula is C45H40F3N3O7. The first kappa shape index (κ1) is 37.8. The highest BCUT2D eigenvalue weighted by Crippen LogP contribution is 2.57. The largest absolute Gasteiger partial charge is 0.488 e. The van der Waals surface area contributed by atoms with Crippen molar-refractivity contribution in [2.75, 3.05) is 25.5 Å². The summed E-state index contributed by atoms with van der Waals surface area (Å²) in [5.74, 6) is -6.99. The van der Waals surface area contributed by atoms with Crippen LogP contribution in [-0.4, -0.2) is 58.8 Å². The number of hydrogen-bond acceptors (Lipinski definition) is 10. The molecule has 3 aliphatic carbocycles. The molecule has 5 aromatic rings. The Bertz CT molecular complexity index is 2400. The molecule has 2 fully saturated rings. The number of alkyl halides is 3. The molecule has 1 N–H and O–H groups in total. The molecule has 6 unspecified atom stereocenters. The van der Waals surface area contributed by atoms with Gasteiger partial charge in [-0.1, -0.05) is 78.9 Å². The molecule has 6 atom stereocenters. The van der Waals surface area contributed by atoms with E-state index in [0.29, 0.717) is 13.0 Å². The molecule has 9 rings (SSSR count). The minimum Gasteiger partial charge on any atom is -0.488 e. The van der Waals surface area contributed by atoms with Crippen LogP contribution in [0.15, 0.2) is 102 Å². The number of Topliss-reactive ketones (excluding diaryl/α,β-unsaturated/α-hetero) is 3. The lowest BCUT2D eigenvalue weighted by molar-refractivity contribution is -0.154. The predicted octanol–water partition coefficient (Wildman–Crippen LogP) is 7.59. The van der Waals surface area contributed by atoms with Gasteiger partial charge in [0.2, 0.25) is 5.78 Å². The van der Waals surface area contributed by atoms with Crippen LogP contribution < -0.4 is 14.4 Å². The van der Waals surface area contributed by atoms with E-state index in [4.69, 9.17) is 14.0 Å². The number of aromatic nitrogens is 1. The second-order valence-electron chi connectivity index (χ2n) is 15.8. The lowest BCUT2D eigenvalue weighted by atomic mass is 9.54. The molecule has 2 heterocycles. The number of aliphatic hydroxyl groups is 1. The topological polar surface area (TPSA) is 122 Å². The van der Waals surface area contributed by atoms with Crippen LogP contribution in [0.1, 0.15) is 79.2 Å². The van der Waals surface area contributed by atoms with E-state index in [2.05, 4.69) is 5.16 Å². The van der Waals surface area contributed by atoms with Gasteiger partial charge in [-0.25, -0.2) is 0 Å². The molecule has 58 heavy (non-hydrogen) atoms. The number of rotatable bonds is 9. The van der Waals surface area contributed by atoms with Crippen molar-refractivity contribution < 1.29 is 46.7 Å². The zero-order valence-electron chi connectivity index (χ0n) is 31.7. The number of ether oxygens (including phenoxy) is 2. The summed E-state index contributed by atoms with van der Waals surface area (Å²) >= 11 is 0. The maximum absolute atomic E-state index is 15.6. The van der Waals surface area contributed by atoms with Crippen LogP contribution in [0, 0.1) is 17.8 Å². The molecule has 13 heteroatoms. The summed E-state index contributed by atoms with van der Waals surface area (Å²) in [4.78, 5) is 47.9. The molecule has 1 aromatic heterocycles. The fourth-order valence-electron chi connectivity index (χ4n) is 9.64. The molecule has 4 aliphatic rings. The third kappa shape index (κ3) is 6.01. The van der Waals surface area contributed by atoms with E-state index in [0.717, 1.165) is 16.8 Å². The highest BCUT2D eigenvalue weighted by molar-refractivity contribution is 6.27. The Morgan fingerprint density at radius 2 is 1.52 bits per heavy atom. The Balaban J connectivity index is 1.15.